The molecule has 0 bridgehead atoms. The zero-order valence-electron chi connectivity index (χ0n) is 14.0. The molecule has 0 saturated carbocycles. The first kappa shape index (κ1) is 16.9. The van der Waals surface area contributed by atoms with Gasteiger partial charge in [-0.3, -0.25) is 4.99 Å². The van der Waals surface area contributed by atoms with Gasteiger partial charge in [0.15, 0.2) is 0 Å². The first-order chi connectivity index (χ1) is 12.7. The molecule has 5 heteroatoms. The molecule has 132 valence electrons. The molecule has 0 spiro atoms. The number of halogens is 2. The molecule has 0 aliphatic carbocycles. The molecule has 1 aliphatic heterocycles. The topological polar surface area (TPSA) is 24.4 Å². The number of thiophene rings is 1. The highest BCUT2D eigenvalue weighted by Crippen LogP contribution is 2.37. The molecule has 1 aromatic heterocycles. The smallest absolute Gasteiger partial charge is 0.123 e. The van der Waals surface area contributed by atoms with E-state index in [1.165, 1.54) is 29.1 Å². The van der Waals surface area contributed by atoms with Gasteiger partial charge in [0.25, 0.3) is 0 Å². The summed E-state index contributed by atoms with van der Waals surface area (Å²) in [6.45, 7) is 0. The predicted molar refractivity (Wildman–Crippen MR) is 101 cm³/mol. The lowest BCUT2D eigenvalue weighted by atomic mass is 9.95. The summed E-state index contributed by atoms with van der Waals surface area (Å²) >= 11 is 1.72. The Labute approximate surface area is 155 Å². The van der Waals surface area contributed by atoms with Crippen molar-refractivity contribution in [2.45, 2.75) is 24.9 Å². The molecular weight excluding hydrogens is 350 g/mol. The zero-order chi connectivity index (χ0) is 17.9. The van der Waals surface area contributed by atoms with Crippen molar-refractivity contribution in [1.29, 1.82) is 0 Å². The fourth-order valence-corrected chi connectivity index (χ4v) is 4.00. The fraction of sp³-hybridized carbons (Fsp3) is 0.190. The summed E-state index contributed by atoms with van der Waals surface area (Å²) in [5.74, 6) is 0.305. The quantitative estimate of drug-likeness (QED) is 0.637. The maximum Gasteiger partial charge on any atom is 0.123 e. The Morgan fingerprint density at radius 1 is 0.885 bits per heavy atom. The van der Waals surface area contributed by atoms with Crippen LogP contribution in [0.4, 0.5) is 8.78 Å². The third-order valence-electron chi connectivity index (χ3n) is 4.52. The minimum absolute atomic E-state index is 0.203. The average molecular weight is 368 g/mol. The van der Waals surface area contributed by atoms with Crippen LogP contribution in [0.25, 0.3) is 0 Å². The normalized spacial score (nSPS) is 19.2. The highest BCUT2D eigenvalue weighted by Gasteiger charge is 2.31. The van der Waals surface area contributed by atoms with Crippen LogP contribution in [0.1, 0.15) is 34.5 Å². The van der Waals surface area contributed by atoms with Crippen LogP contribution in [0, 0.1) is 11.6 Å². The zero-order valence-corrected chi connectivity index (χ0v) is 14.8. The second-order valence-electron chi connectivity index (χ2n) is 6.33. The number of aryl methyl sites for hydroxylation is 1. The molecule has 1 aliphatic rings. The van der Waals surface area contributed by atoms with Crippen molar-refractivity contribution >= 4 is 17.2 Å². The van der Waals surface area contributed by atoms with Gasteiger partial charge < -0.3 is 5.32 Å². The van der Waals surface area contributed by atoms with Crippen LogP contribution in [0.2, 0.25) is 0 Å². The van der Waals surface area contributed by atoms with Gasteiger partial charge in [-0.15, -0.1) is 11.3 Å². The number of nitrogens with one attached hydrogen (secondary N) is 1. The van der Waals surface area contributed by atoms with E-state index in [2.05, 4.69) is 16.8 Å². The summed E-state index contributed by atoms with van der Waals surface area (Å²) in [5.41, 5.74) is 1.60. The number of hydrogen-bond donors (Lipinski definition) is 1. The molecule has 4 rings (SSSR count). The molecule has 1 N–H and O–H groups in total. The fourth-order valence-electron chi connectivity index (χ4n) is 3.29. The molecule has 0 unspecified atom stereocenters. The minimum atomic E-state index is -0.289. The van der Waals surface area contributed by atoms with E-state index in [1.54, 1.807) is 23.5 Å². The van der Waals surface area contributed by atoms with Crippen LogP contribution in [-0.4, -0.2) is 5.84 Å². The van der Waals surface area contributed by atoms with Crippen LogP contribution >= 0.6 is 11.3 Å². The number of hydrogen-bond acceptors (Lipinski definition) is 3. The third-order valence-corrected chi connectivity index (χ3v) is 5.46. The van der Waals surface area contributed by atoms with E-state index in [4.69, 9.17) is 4.99 Å². The number of rotatable bonds is 5. The van der Waals surface area contributed by atoms with Crippen molar-refractivity contribution < 1.29 is 8.78 Å². The maximum absolute atomic E-state index is 13.7. The van der Waals surface area contributed by atoms with Crippen molar-refractivity contribution in [2.24, 2.45) is 4.99 Å². The van der Waals surface area contributed by atoms with Gasteiger partial charge in [0, 0.05) is 11.3 Å². The molecule has 0 radical (unpaired) electrons. The predicted octanol–water partition coefficient (Wildman–Crippen LogP) is 5.44. The van der Waals surface area contributed by atoms with Crippen molar-refractivity contribution in [3.8, 4) is 0 Å². The van der Waals surface area contributed by atoms with E-state index in [-0.39, 0.29) is 23.7 Å². The molecule has 2 nitrogen and oxygen atoms in total. The van der Waals surface area contributed by atoms with E-state index in [0.717, 1.165) is 29.8 Å². The lowest BCUT2D eigenvalue weighted by Crippen LogP contribution is -2.24. The Morgan fingerprint density at radius 2 is 1.62 bits per heavy atom. The van der Waals surface area contributed by atoms with Crippen molar-refractivity contribution in [2.75, 3.05) is 0 Å². The van der Waals surface area contributed by atoms with Crippen LogP contribution in [0.5, 0.6) is 0 Å². The van der Waals surface area contributed by atoms with Crippen LogP contribution in [-0.2, 0) is 6.42 Å². The van der Waals surface area contributed by atoms with E-state index in [9.17, 15) is 8.78 Å². The van der Waals surface area contributed by atoms with Gasteiger partial charge in [-0.25, -0.2) is 8.78 Å². The minimum Gasteiger partial charge on any atom is -0.364 e. The monoisotopic (exact) mass is 368 g/mol. The molecular formula is C21H18F2N2S. The molecule has 0 saturated heterocycles. The van der Waals surface area contributed by atoms with Crippen LogP contribution < -0.4 is 5.32 Å². The third kappa shape index (κ3) is 3.68. The van der Waals surface area contributed by atoms with Crippen molar-refractivity contribution in [3.05, 3.63) is 93.7 Å². The SMILES string of the molecule is Fc1cccc([C@H]2NC(CCc3cccs3)=N[C@H]2c2cccc(F)c2)c1. The van der Waals surface area contributed by atoms with Gasteiger partial charge in [-0.05, 0) is 53.3 Å². The molecule has 2 atom stereocenters. The van der Waals surface area contributed by atoms with Crippen molar-refractivity contribution in [1.82, 2.24) is 5.32 Å². The van der Waals surface area contributed by atoms with E-state index in [1.807, 2.05) is 18.2 Å². The largest absolute Gasteiger partial charge is 0.364 e. The van der Waals surface area contributed by atoms with Gasteiger partial charge in [-0.1, -0.05) is 30.3 Å². The Hall–Kier alpha value is -2.53. The summed E-state index contributed by atoms with van der Waals surface area (Å²) in [7, 11) is 0. The van der Waals surface area contributed by atoms with E-state index in [0.29, 0.717) is 0 Å². The van der Waals surface area contributed by atoms with Gasteiger partial charge in [0.05, 0.1) is 11.9 Å². The number of benzene rings is 2. The number of amidine groups is 1. The molecule has 0 fully saturated rings. The highest BCUT2D eigenvalue weighted by molar-refractivity contribution is 7.09. The van der Waals surface area contributed by atoms with E-state index < -0.39 is 0 Å². The summed E-state index contributed by atoms with van der Waals surface area (Å²) < 4.78 is 27.4. The van der Waals surface area contributed by atoms with Crippen molar-refractivity contribution in [3.63, 3.8) is 0 Å². The number of aliphatic imine (C=N–C) groups is 1. The molecule has 3 aromatic rings. The Bertz CT molecular complexity index is 921. The number of nitrogens with zero attached hydrogens (tertiary/aromatic N) is 1. The summed E-state index contributed by atoms with van der Waals surface area (Å²) in [6.07, 6.45) is 1.67. The van der Waals surface area contributed by atoms with Gasteiger partial charge in [0.1, 0.15) is 17.7 Å². The summed E-state index contributed by atoms with van der Waals surface area (Å²) in [5, 5.41) is 5.49. The van der Waals surface area contributed by atoms with Gasteiger partial charge in [-0.2, -0.15) is 0 Å². The Balaban J connectivity index is 1.62. The second kappa shape index (κ2) is 7.38. The molecule has 0 amide bonds. The van der Waals surface area contributed by atoms with Crippen LogP contribution in [0.3, 0.4) is 0 Å². The highest BCUT2D eigenvalue weighted by atomic mass is 32.1. The maximum atomic E-state index is 13.7. The molecule has 2 heterocycles. The molecule has 26 heavy (non-hydrogen) atoms. The van der Waals surface area contributed by atoms with E-state index >= 15 is 0 Å². The van der Waals surface area contributed by atoms with Gasteiger partial charge in [0.2, 0.25) is 0 Å². The average Bonchev–Trinajstić information content (AvgIpc) is 3.30. The lowest BCUT2D eigenvalue weighted by molar-refractivity contribution is 0.555. The summed E-state index contributed by atoms with van der Waals surface area (Å²) in [4.78, 5) is 6.10. The molecule has 2 aromatic carbocycles. The first-order valence-electron chi connectivity index (χ1n) is 8.55. The Morgan fingerprint density at radius 3 is 2.31 bits per heavy atom. The standard InChI is InChI=1S/C21H18F2N2S/c22-16-6-1-4-14(12-16)20-21(15-5-2-7-17(23)13-15)25-19(24-20)10-9-18-8-3-11-26-18/h1-8,11-13,20-21H,9-10H2,(H,24,25)/t20-,21+. The van der Waals surface area contributed by atoms with Crippen LogP contribution in [0.15, 0.2) is 71.0 Å². The summed E-state index contributed by atoms with van der Waals surface area (Å²) in [6, 6.07) is 16.7. The lowest BCUT2D eigenvalue weighted by Gasteiger charge is -2.20. The van der Waals surface area contributed by atoms with Gasteiger partial charge >= 0.3 is 0 Å². The first-order valence-corrected chi connectivity index (χ1v) is 9.43. The second-order valence-corrected chi connectivity index (χ2v) is 7.36. The Kier molecular flexibility index (Phi) is 4.80.